The lowest BCUT2D eigenvalue weighted by Gasteiger charge is -2.25. The van der Waals surface area contributed by atoms with Crippen molar-refractivity contribution < 1.29 is 0 Å². The molecule has 4 rings (SSSR count). The highest BCUT2D eigenvalue weighted by Gasteiger charge is 2.27. The van der Waals surface area contributed by atoms with Crippen LogP contribution in [0.2, 0.25) is 0 Å². The lowest BCUT2D eigenvalue weighted by atomic mass is 9.84. The maximum absolute atomic E-state index is 3.70. The molecule has 3 aromatic rings. The van der Waals surface area contributed by atoms with Crippen molar-refractivity contribution in [2.24, 2.45) is 0 Å². The van der Waals surface area contributed by atoms with Crippen LogP contribution in [-0.4, -0.2) is 12.6 Å². The number of hydrogen-bond donors (Lipinski definition) is 1. The fourth-order valence-electron chi connectivity index (χ4n) is 3.83. The zero-order valence-electron chi connectivity index (χ0n) is 13.9. The van der Waals surface area contributed by atoms with E-state index in [2.05, 4.69) is 90.2 Å². The average molecular weight is 313 g/mol. The van der Waals surface area contributed by atoms with E-state index in [0.29, 0.717) is 12.0 Å². The van der Waals surface area contributed by atoms with E-state index in [9.17, 15) is 0 Å². The van der Waals surface area contributed by atoms with Crippen molar-refractivity contribution in [3.63, 3.8) is 0 Å². The average Bonchev–Trinajstić information content (AvgIpc) is 3.18. The minimum atomic E-state index is 0.429. The minimum Gasteiger partial charge on any atom is -0.313 e. The van der Waals surface area contributed by atoms with Gasteiger partial charge in [0.2, 0.25) is 0 Å². The van der Waals surface area contributed by atoms with Gasteiger partial charge in [-0.1, -0.05) is 84.9 Å². The predicted molar refractivity (Wildman–Crippen MR) is 101 cm³/mol. The summed E-state index contributed by atoms with van der Waals surface area (Å²) in [5.41, 5.74) is 5.37. The predicted octanol–water partition coefficient (Wildman–Crippen LogP) is 5.24. The first kappa shape index (κ1) is 15.2. The normalized spacial score (nSPS) is 18.4. The highest BCUT2D eigenvalue weighted by atomic mass is 14.9. The Balaban J connectivity index is 1.68. The van der Waals surface area contributed by atoms with Gasteiger partial charge < -0.3 is 5.32 Å². The zero-order valence-corrected chi connectivity index (χ0v) is 13.9. The molecule has 1 N–H and O–H groups in total. The summed E-state index contributed by atoms with van der Waals surface area (Å²) in [6.45, 7) is 1.14. The number of nitrogens with one attached hydrogen (secondary N) is 1. The second-order valence-electron chi connectivity index (χ2n) is 6.58. The summed E-state index contributed by atoms with van der Waals surface area (Å²) in [4.78, 5) is 0. The largest absolute Gasteiger partial charge is 0.313 e. The van der Waals surface area contributed by atoms with E-state index in [0.717, 1.165) is 6.54 Å². The van der Waals surface area contributed by atoms with Crippen LogP contribution in [0.15, 0.2) is 84.9 Å². The molecule has 1 fully saturated rings. The lowest BCUT2D eigenvalue weighted by Crippen LogP contribution is -2.29. The second-order valence-corrected chi connectivity index (χ2v) is 6.58. The van der Waals surface area contributed by atoms with Gasteiger partial charge in [0.05, 0.1) is 0 Å². The van der Waals surface area contributed by atoms with Gasteiger partial charge in [-0.15, -0.1) is 0 Å². The SMILES string of the molecule is c1ccc(-c2ccc(C(c3ccccc3)C3CCCN3)cc2)cc1. The molecular formula is C23H23N. The maximum Gasteiger partial charge on any atom is 0.0243 e. The second kappa shape index (κ2) is 7.02. The van der Waals surface area contributed by atoms with Crippen LogP contribution in [0.3, 0.4) is 0 Å². The van der Waals surface area contributed by atoms with Gasteiger partial charge in [0.25, 0.3) is 0 Å². The Labute approximate surface area is 144 Å². The van der Waals surface area contributed by atoms with Crippen LogP contribution in [0, 0.1) is 0 Å². The molecule has 0 spiro atoms. The Morgan fingerprint density at radius 1 is 0.667 bits per heavy atom. The first-order valence-corrected chi connectivity index (χ1v) is 8.85. The van der Waals surface area contributed by atoms with Gasteiger partial charge in [-0.2, -0.15) is 0 Å². The molecule has 3 aromatic carbocycles. The first-order chi connectivity index (χ1) is 11.9. The smallest absolute Gasteiger partial charge is 0.0243 e. The fourth-order valence-corrected chi connectivity index (χ4v) is 3.83. The topological polar surface area (TPSA) is 12.0 Å². The summed E-state index contributed by atoms with van der Waals surface area (Å²) in [7, 11) is 0. The minimum absolute atomic E-state index is 0.429. The van der Waals surface area contributed by atoms with Crippen molar-refractivity contribution in [1.29, 1.82) is 0 Å². The van der Waals surface area contributed by atoms with E-state index in [1.807, 2.05) is 0 Å². The summed E-state index contributed by atoms with van der Waals surface area (Å²) in [5.74, 6) is 0.429. The molecule has 0 aromatic heterocycles. The van der Waals surface area contributed by atoms with Gasteiger partial charge >= 0.3 is 0 Å². The first-order valence-electron chi connectivity index (χ1n) is 8.85. The summed E-state index contributed by atoms with van der Waals surface area (Å²) in [5, 5.41) is 3.70. The molecular weight excluding hydrogens is 290 g/mol. The van der Waals surface area contributed by atoms with Gasteiger partial charge in [-0.3, -0.25) is 0 Å². The molecule has 24 heavy (non-hydrogen) atoms. The van der Waals surface area contributed by atoms with E-state index in [4.69, 9.17) is 0 Å². The quantitative estimate of drug-likeness (QED) is 0.695. The zero-order chi connectivity index (χ0) is 16.2. The standard InChI is InChI=1S/C23H23N/c1-3-8-18(9-4-1)19-13-15-21(16-14-19)23(22-12-7-17-24-22)20-10-5-2-6-11-20/h1-6,8-11,13-16,22-24H,7,12,17H2. The van der Waals surface area contributed by atoms with Crippen molar-refractivity contribution in [2.45, 2.75) is 24.8 Å². The lowest BCUT2D eigenvalue weighted by molar-refractivity contribution is 0.540. The van der Waals surface area contributed by atoms with Crippen LogP contribution in [0.5, 0.6) is 0 Å². The molecule has 1 heterocycles. The Morgan fingerprint density at radius 3 is 1.88 bits per heavy atom. The van der Waals surface area contributed by atoms with Crippen LogP contribution < -0.4 is 5.32 Å². The van der Waals surface area contributed by atoms with E-state index in [-0.39, 0.29) is 0 Å². The molecule has 2 unspecified atom stereocenters. The Morgan fingerprint density at radius 2 is 1.25 bits per heavy atom. The molecule has 0 radical (unpaired) electrons. The molecule has 2 atom stereocenters. The third-order valence-electron chi connectivity index (χ3n) is 5.04. The fraction of sp³-hybridized carbons (Fsp3) is 0.217. The van der Waals surface area contributed by atoms with E-state index in [1.165, 1.54) is 35.1 Å². The van der Waals surface area contributed by atoms with Crippen molar-refractivity contribution in [1.82, 2.24) is 5.32 Å². The van der Waals surface area contributed by atoms with Crippen molar-refractivity contribution in [3.05, 3.63) is 96.1 Å². The summed E-state index contributed by atoms with van der Waals surface area (Å²) in [6.07, 6.45) is 2.52. The molecule has 1 aliphatic heterocycles. The van der Waals surface area contributed by atoms with Gasteiger partial charge in [0.15, 0.2) is 0 Å². The van der Waals surface area contributed by atoms with Crippen LogP contribution in [0.4, 0.5) is 0 Å². The molecule has 1 nitrogen and oxygen atoms in total. The van der Waals surface area contributed by atoms with Gasteiger partial charge in [0.1, 0.15) is 0 Å². The third-order valence-corrected chi connectivity index (χ3v) is 5.04. The van der Waals surface area contributed by atoms with Crippen LogP contribution in [0.1, 0.15) is 29.9 Å². The van der Waals surface area contributed by atoms with Gasteiger partial charge in [-0.05, 0) is 41.6 Å². The monoisotopic (exact) mass is 313 g/mol. The molecule has 1 saturated heterocycles. The van der Waals surface area contributed by atoms with E-state index in [1.54, 1.807) is 0 Å². The van der Waals surface area contributed by atoms with Crippen molar-refractivity contribution in [2.75, 3.05) is 6.54 Å². The van der Waals surface area contributed by atoms with Crippen LogP contribution in [0.25, 0.3) is 11.1 Å². The van der Waals surface area contributed by atoms with E-state index >= 15 is 0 Å². The molecule has 0 saturated carbocycles. The van der Waals surface area contributed by atoms with Crippen molar-refractivity contribution >= 4 is 0 Å². The van der Waals surface area contributed by atoms with Crippen LogP contribution >= 0.6 is 0 Å². The molecule has 0 amide bonds. The molecule has 0 aliphatic carbocycles. The molecule has 1 heteroatoms. The third kappa shape index (κ3) is 3.13. The number of rotatable bonds is 4. The van der Waals surface area contributed by atoms with Gasteiger partial charge in [0, 0.05) is 12.0 Å². The Hall–Kier alpha value is -2.38. The summed E-state index contributed by atoms with van der Waals surface area (Å²) < 4.78 is 0. The maximum atomic E-state index is 3.70. The Bertz CT molecular complexity index is 756. The molecule has 120 valence electrons. The number of hydrogen-bond acceptors (Lipinski definition) is 1. The van der Waals surface area contributed by atoms with E-state index < -0.39 is 0 Å². The van der Waals surface area contributed by atoms with Gasteiger partial charge in [-0.25, -0.2) is 0 Å². The van der Waals surface area contributed by atoms with Crippen LogP contribution in [-0.2, 0) is 0 Å². The molecule has 0 bridgehead atoms. The Kier molecular flexibility index (Phi) is 4.44. The highest BCUT2D eigenvalue weighted by molar-refractivity contribution is 5.63. The highest BCUT2D eigenvalue weighted by Crippen LogP contribution is 2.33. The van der Waals surface area contributed by atoms with Crippen molar-refractivity contribution in [3.8, 4) is 11.1 Å². The molecule has 1 aliphatic rings. The summed E-state index contributed by atoms with van der Waals surface area (Å²) >= 11 is 0. The number of benzene rings is 3. The summed E-state index contributed by atoms with van der Waals surface area (Å²) in [6, 6.07) is 31.2.